The standard InChI is InChI=1S/C12H27N3O/c1-11(2)12(9-13,10-16-3)14-15-7-5-4-6-8-15/h11,14H,4-10,13H2,1-3H3. The number of methoxy groups -OCH3 is 1. The molecule has 0 saturated carbocycles. The second-order valence-electron chi connectivity index (χ2n) is 5.11. The first-order chi connectivity index (χ1) is 7.64. The van der Waals surface area contributed by atoms with Crippen LogP contribution in [0.5, 0.6) is 0 Å². The summed E-state index contributed by atoms with van der Waals surface area (Å²) >= 11 is 0. The second kappa shape index (κ2) is 6.55. The van der Waals surface area contributed by atoms with Crippen LogP contribution in [0, 0.1) is 5.92 Å². The predicted molar refractivity (Wildman–Crippen MR) is 67.1 cm³/mol. The fraction of sp³-hybridized carbons (Fsp3) is 1.00. The molecule has 4 heteroatoms. The molecule has 1 atom stereocenters. The minimum atomic E-state index is -0.119. The highest BCUT2D eigenvalue weighted by molar-refractivity contribution is 4.91. The van der Waals surface area contributed by atoms with Crippen molar-refractivity contribution in [2.45, 2.75) is 38.6 Å². The summed E-state index contributed by atoms with van der Waals surface area (Å²) in [6, 6.07) is 0. The van der Waals surface area contributed by atoms with E-state index < -0.39 is 0 Å². The highest BCUT2D eigenvalue weighted by Crippen LogP contribution is 2.18. The van der Waals surface area contributed by atoms with Crippen molar-refractivity contribution in [3.63, 3.8) is 0 Å². The summed E-state index contributed by atoms with van der Waals surface area (Å²) in [4.78, 5) is 0. The van der Waals surface area contributed by atoms with Crippen LogP contribution in [0.25, 0.3) is 0 Å². The fourth-order valence-corrected chi connectivity index (χ4v) is 2.25. The molecule has 16 heavy (non-hydrogen) atoms. The summed E-state index contributed by atoms with van der Waals surface area (Å²) in [5.41, 5.74) is 9.43. The van der Waals surface area contributed by atoms with Gasteiger partial charge in [0.25, 0.3) is 0 Å². The van der Waals surface area contributed by atoms with E-state index in [9.17, 15) is 0 Å². The maximum absolute atomic E-state index is 5.94. The van der Waals surface area contributed by atoms with Crippen LogP contribution >= 0.6 is 0 Å². The number of piperidine rings is 1. The third-order valence-electron chi connectivity index (χ3n) is 3.61. The molecule has 0 aromatic rings. The molecular weight excluding hydrogens is 202 g/mol. The molecule has 0 radical (unpaired) electrons. The summed E-state index contributed by atoms with van der Waals surface area (Å²) in [7, 11) is 1.74. The van der Waals surface area contributed by atoms with Gasteiger partial charge in [-0.05, 0) is 18.8 Å². The first-order valence-corrected chi connectivity index (χ1v) is 6.36. The van der Waals surface area contributed by atoms with Gasteiger partial charge in [-0.15, -0.1) is 0 Å². The molecule has 0 spiro atoms. The molecule has 4 nitrogen and oxygen atoms in total. The van der Waals surface area contributed by atoms with E-state index >= 15 is 0 Å². The highest BCUT2D eigenvalue weighted by atomic mass is 16.5. The smallest absolute Gasteiger partial charge is 0.0703 e. The van der Waals surface area contributed by atoms with E-state index in [4.69, 9.17) is 10.5 Å². The van der Waals surface area contributed by atoms with Crippen molar-refractivity contribution in [1.29, 1.82) is 0 Å². The summed E-state index contributed by atoms with van der Waals surface area (Å²) in [5, 5.41) is 2.31. The molecule has 1 unspecified atom stereocenters. The van der Waals surface area contributed by atoms with Crippen LogP contribution < -0.4 is 11.2 Å². The molecule has 1 fully saturated rings. The number of rotatable bonds is 6. The SMILES string of the molecule is COCC(CN)(NN1CCCCC1)C(C)C. The molecular formula is C12H27N3O. The van der Waals surface area contributed by atoms with Crippen molar-refractivity contribution in [2.75, 3.05) is 33.4 Å². The van der Waals surface area contributed by atoms with Crippen LogP contribution in [0.2, 0.25) is 0 Å². The molecule has 0 bridgehead atoms. The number of hydrazine groups is 1. The largest absolute Gasteiger partial charge is 0.383 e. The van der Waals surface area contributed by atoms with Gasteiger partial charge in [0.15, 0.2) is 0 Å². The van der Waals surface area contributed by atoms with Gasteiger partial charge in [-0.2, -0.15) is 0 Å². The molecule has 1 aliphatic rings. The average molecular weight is 229 g/mol. The van der Waals surface area contributed by atoms with E-state index in [1.807, 2.05) is 0 Å². The van der Waals surface area contributed by atoms with E-state index in [1.54, 1.807) is 7.11 Å². The lowest BCUT2D eigenvalue weighted by atomic mass is 9.88. The maximum atomic E-state index is 5.94. The molecule has 0 aliphatic carbocycles. The number of hydrogen-bond donors (Lipinski definition) is 2. The lowest BCUT2D eigenvalue weighted by Crippen LogP contribution is -2.64. The van der Waals surface area contributed by atoms with Gasteiger partial charge in [0, 0.05) is 26.7 Å². The van der Waals surface area contributed by atoms with Gasteiger partial charge in [0.2, 0.25) is 0 Å². The van der Waals surface area contributed by atoms with Crippen molar-refractivity contribution in [3.05, 3.63) is 0 Å². The van der Waals surface area contributed by atoms with Gasteiger partial charge in [-0.3, -0.25) is 0 Å². The Kier molecular flexibility index (Phi) is 5.69. The first-order valence-electron chi connectivity index (χ1n) is 6.36. The van der Waals surface area contributed by atoms with E-state index in [1.165, 1.54) is 19.3 Å². The minimum Gasteiger partial charge on any atom is -0.383 e. The van der Waals surface area contributed by atoms with Gasteiger partial charge in [-0.25, -0.2) is 10.4 Å². The van der Waals surface area contributed by atoms with Crippen LogP contribution in [0.4, 0.5) is 0 Å². The zero-order valence-electron chi connectivity index (χ0n) is 11.0. The lowest BCUT2D eigenvalue weighted by molar-refractivity contribution is 0.00614. The van der Waals surface area contributed by atoms with Crippen LogP contribution in [-0.4, -0.2) is 43.9 Å². The Labute approximate surface area is 99.5 Å². The van der Waals surface area contributed by atoms with E-state index in [0.29, 0.717) is 19.1 Å². The number of hydrogen-bond acceptors (Lipinski definition) is 4. The number of ether oxygens (including phenoxy) is 1. The van der Waals surface area contributed by atoms with Gasteiger partial charge in [-0.1, -0.05) is 20.3 Å². The van der Waals surface area contributed by atoms with Crippen LogP contribution in [-0.2, 0) is 4.74 Å². The van der Waals surface area contributed by atoms with Crippen LogP contribution in [0.3, 0.4) is 0 Å². The van der Waals surface area contributed by atoms with E-state index in [-0.39, 0.29) is 5.54 Å². The van der Waals surface area contributed by atoms with Gasteiger partial charge < -0.3 is 10.5 Å². The Hall–Kier alpha value is -0.160. The average Bonchev–Trinajstić information content (AvgIpc) is 2.29. The van der Waals surface area contributed by atoms with Gasteiger partial charge >= 0.3 is 0 Å². The van der Waals surface area contributed by atoms with E-state index in [2.05, 4.69) is 24.3 Å². The monoisotopic (exact) mass is 229 g/mol. The third-order valence-corrected chi connectivity index (χ3v) is 3.61. The van der Waals surface area contributed by atoms with Gasteiger partial charge in [0.1, 0.15) is 0 Å². The number of nitrogens with one attached hydrogen (secondary N) is 1. The Morgan fingerprint density at radius 1 is 1.31 bits per heavy atom. The summed E-state index contributed by atoms with van der Waals surface area (Å²) in [5.74, 6) is 0.458. The Balaban J connectivity index is 2.60. The number of nitrogens with zero attached hydrogens (tertiary/aromatic N) is 1. The van der Waals surface area contributed by atoms with Crippen molar-refractivity contribution in [2.24, 2.45) is 11.7 Å². The second-order valence-corrected chi connectivity index (χ2v) is 5.11. The van der Waals surface area contributed by atoms with Crippen LogP contribution in [0.15, 0.2) is 0 Å². The minimum absolute atomic E-state index is 0.119. The molecule has 0 aromatic carbocycles. The normalized spacial score (nSPS) is 22.3. The van der Waals surface area contributed by atoms with Crippen molar-refractivity contribution >= 4 is 0 Å². The molecule has 0 aromatic heterocycles. The topological polar surface area (TPSA) is 50.5 Å². The van der Waals surface area contributed by atoms with E-state index in [0.717, 1.165) is 13.1 Å². The molecule has 0 amide bonds. The maximum Gasteiger partial charge on any atom is 0.0703 e. The molecule has 3 N–H and O–H groups in total. The Morgan fingerprint density at radius 3 is 2.38 bits per heavy atom. The predicted octanol–water partition coefficient (Wildman–Crippen LogP) is 0.977. The van der Waals surface area contributed by atoms with Crippen molar-refractivity contribution in [1.82, 2.24) is 10.4 Å². The quantitative estimate of drug-likeness (QED) is 0.713. The molecule has 1 heterocycles. The molecule has 1 aliphatic heterocycles. The first kappa shape index (κ1) is 13.9. The van der Waals surface area contributed by atoms with Crippen molar-refractivity contribution < 1.29 is 4.74 Å². The van der Waals surface area contributed by atoms with Crippen LogP contribution in [0.1, 0.15) is 33.1 Å². The highest BCUT2D eigenvalue weighted by Gasteiger charge is 2.34. The lowest BCUT2D eigenvalue weighted by Gasteiger charge is -2.42. The third kappa shape index (κ3) is 3.42. The van der Waals surface area contributed by atoms with Crippen molar-refractivity contribution in [3.8, 4) is 0 Å². The summed E-state index contributed by atoms with van der Waals surface area (Å²) < 4.78 is 5.33. The molecule has 1 saturated heterocycles. The zero-order valence-corrected chi connectivity index (χ0v) is 11.0. The van der Waals surface area contributed by atoms with Gasteiger partial charge in [0.05, 0.1) is 12.1 Å². The zero-order chi connectivity index (χ0) is 12.0. The number of nitrogens with two attached hydrogens (primary N) is 1. The fourth-order valence-electron chi connectivity index (χ4n) is 2.25. The Bertz CT molecular complexity index is 193. The summed E-state index contributed by atoms with van der Waals surface area (Å²) in [6.07, 6.45) is 3.90. The molecule has 1 rings (SSSR count). The summed E-state index contributed by atoms with van der Waals surface area (Å²) in [6.45, 7) is 7.91. The Morgan fingerprint density at radius 2 is 1.94 bits per heavy atom. The molecule has 96 valence electrons.